The minimum absolute atomic E-state index is 0.280. The fourth-order valence-corrected chi connectivity index (χ4v) is 2.59. The number of rotatable bonds is 6. The van der Waals surface area contributed by atoms with Crippen LogP contribution in [-0.4, -0.2) is 13.2 Å². The van der Waals surface area contributed by atoms with Crippen molar-refractivity contribution in [2.45, 2.75) is 32.4 Å². The molecule has 21 heavy (non-hydrogen) atoms. The summed E-state index contributed by atoms with van der Waals surface area (Å²) in [6.07, 6.45) is 0.978. The van der Waals surface area contributed by atoms with Gasteiger partial charge in [-0.25, -0.2) is 0 Å². The summed E-state index contributed by atoms with van der Waals surface area (Å²) < 4.78 is 5.28. The molecule has 0 saturated heterocycles. The molecule has 2 aromatic rings. The SMILES string of the molecule is COc1cccc(C(C)NC(C)Cc2ccc(Cl)cc2)c1. The molecule has 0 bridgehead atoms. The molecule has 3 heteroatoms. The smallest absolute Gasteiger partial charge is 0.119 e. The first-order valence-corrected chi connectivity index (χ1v) is 7.60. The Morgan fingerprint density at radius 3 is 2.48 bits per heavy atom. The zero-order valence-electron chi connectivity index (χ0n) is 12.8. The van der Waals surface area contributed by atoms with Gasteiger partial charge in [0.15, 0.2) is 0 Å². The van der Waals surface area contributed by atoms with Crippen LogP contribution in [0.3, 0.4) is 0 Å². The van der Waals surface area contributed by atoms with E-state index in [0.717, 1.165) is 17.2 Å². The molecule has 2 unspecified atom stereocenters. The number of hydrogen-bond donors (Lipinski definition) is 1. The Balaban J connectivity index is 1.94. The second-order valence-corrected chi connectivity index (χ2v) is 5.83. The lowest BCUT2D eigenvalue weighted by Gasteiger charge is -2.21. The minimum atomic E-state index is 0.280. The highest BCUT2D eigenvalue weighted by molar-refractivity contribution is 6.30. The first kappa shape index (κ1) is 15.9. The summed E-state index contributed by atoms with van der Waals surface area (Å²) in [5.74, 6) is 0.895. The van der Waals surface area contributed by atoms with E-state index in [1.54, 1.807) is 7.11 Å². The van der Waals surface area contributed by atoms with Crippen LogP contribution in [0.4, 0.5) is 0 Å². The van der Waals surface area contributed by atoms with E-state index in [9.17, 15) is 0 Å². The molecule has 2 nitrogen and oxygen atoms in total. The van der Waals surface area contributed by atoms with Crippen molar-refractivity contribution < 1.29 is 4.74 Å². The second kappa shape index (κ2) is 7.48. The quantitative estimate of drug-likeness (QED) is 0.840. The molecule has 0 spiro atoms. The molecule has 0 aliphatic carbocycles. The molecule has 0 aliphatic rings. The van der Waals surface area contributed by atoms with E-state index in [-0.39, 0.29) is 6.04 Å². The summed E-state index contributed by atoms with van der Waals surface area (Å²) >= 11 is 5.91. The van der Waals surface area contributed by atoms with Gasteiger partial charge in [0.05, 0.1) is 7.11 Å². The van der Waals surface area contributed by atoms with Crippen LogP contribution < -0.4 is 10.1 Å². The Kier molecular flexibility index (Phi) is 5.66. The van der Waals surface area contributed by atoms with Crippen molar-refractivity contribution in [3.8, 4) is 5.75 Å². The lowest BCUT2D eigenvalue weighted by molar-refractivity contribution is 0.412. The highest BCUT2D eigenvalue weighted by atomic mass is 35.5. The van der Waals surface area contributed by atoms with Gasteiger partial charge in [-0.3, -0.25) is 0 Å². The minimum Gasteiger partial charge on any atom is -0.497 e. The van der Waals surface area contributed by atoms with Gasteiger partial charge in [-0.2, -0.15) is 0 Å². The molecular weight excluding hydrogens is 282 g/mol. The molecule has 0 aromatic heterocycles. The average molecular weight is 304 g/mol. The van der Waals surface area contributed by atoms with E-state index in [4.69, 9.17) is 16.3 Å². The van der Waals surface area contributed by atoms with E-state index in [1.807, 2.05) is 24.3 Å². The van der Waals surface area contributed by atoms with Crippen molar-refractivity contribution in [3.05, 3.63) is 64.7 Å². The van der Waals surface area contributed by atoms with Crippen LogP contribution in [0.1, 0.15) is 31.0 Å². The van der Waals surface area contributed by atoms with Crippen molar-refractivity contribution in [2.75, 3.05) is 7.11 Å². The van der Waals surface area contributed by atoms with Gasteiger partial charge in [-0.05, 0) is 55.7 Å². The van der Waals surface area contributed by atoms with Crippen molar-refractivity contribution >= 4 is 11.6 Å². The van der Waals surface area contributed by atoms with E-state index < -0.39 is 0 Å². The van der Waals surface area contributed by atoms with Crippen LogP contribution in [0.25, 0.3) is 0 Å². The number of benzene rings is 2. The molecule has 0 saturated carbocycles. The highest BCUT2D eigenvalue weighted by Gasteiger charge is 2.10. The van der Waals surface area contributed by atoms with Crippen molar-refractivity contribution in [1.82, 2.24) is 5.32 Å². The molecule has 0 fully saturated rings. The van der Waals surface area contributed by atoms with Crippen molar-refractivity contribution in [2.24, 2.45) is 0 Å². The predicted molar refractivity (Wildman–Crippen MR) is 89.2 cm³/mol. The van der Waals surface area contributed by atoms with E-state index in [1.165, 1.54) is 11.1 Å². The van der Waals surface area contributed by atoms with Crippen LogP contribution in [0, 0.1) is 0 Å². The van der Waals surface area contributed by atoms with Gasteiger partial charge < -0.3 is 10.1 Å². The van der Waals surface area contributed by atoms with Crippen molar-refractivity contribution in [3.63, 3.8) is 0 Å². The fraction of sp³-hybridized carbons (Fsp3) is 0.333. The molecule has 2 rings (SSSR count). The van der Waals surface area contributed by atoms with E-state index in [0.29, 0.717) is 6.04 Å². The van der Waals surface area contributed by atoms with Gasteiger partial charge in [-0.1, -0.05) is 35.9 Å². The summed E-state index contributed by atoms with van der Waals surface area (Å²) in [6, 6.07) is 16.9. The predicted octanol–water partition coefficient (Wildman–Crippen LogP) is 4.63. The third-order valence-electron chi connectivity index (χ3n) is 3.58. The number of methoxy groups -OCH3 is 1. The molecule has 2 aromatic carbocycles. The monoisotopic (exact) mass is 303 g/mol. The Bertz CT molecular complexity index is 568. The molecule has 112 valence electrons. The van der Waals surface area contributed by atoms with E-state index in [2.05, 4.69) is 43.4 Å². The van der Waals surface area contributed by atoms with Crippen LogP contribution >= 0.6 is 11.6 Å². The number of hydrogen-bond acceptors (Lipinski definition) is 2. The maximum Gasteiger partial charge on any atom is 0.119 e. The summed E-state index contributed by atoms with van der Waals surface area (Å²) in [5, 5.41) is 4.40. The fourth-order valence-electron chi connectivity index (χ4n) is 2.47. The topological polar surface area (TPSA) is 21.3 Å². The summed E-state index contributed by atoms with van der Waals surface area (Å²) in [6.45, 7) is 4.37. The highest BCUT2D eigenvalue weighted by Crippen LogP contribution is 2.20. The Morgan fingerprint density at radius 2 is 1.81 bits per heavy atom. The van der Waals surface area contributed by atoms with Crippen molar-refractivity contribution in [1.29, 1.82) is 0 Å². The number of nitrogens with one attached hydrogen (secondary N) is 1. The maximum atomic E-state index is 5.91. The van der Waals surface area contributed by atoms with E-state index >= 15 is 0 Å². The van der Waals surface area contributed by atoms with Gasteiger partial charge in [-0.15, -0.1) is 0 Å². The van der Waals surface area contributed by atoms with Crippen LogP contribution in [0.5, 0.6) is 5.75 Å². The van der Waals surface area contributed by atoms with Gasteiger partial charge in [0.25, 0.3) is 0 Å². The van der Waals surface area contributed by atoms with Gasteiger partial charge in [0, 0.05) is 17.1 Å². The first-order chi connectivity index (χ1) is 10.1. The Labute approximate surface area is 132 Å². The standard InChI is InChI=1S/C18H22ClNO/c1-13(11-15-7-9-17(19)10-8-15)20-14(2)16-5-4-6-18(12-16)21-3/h4-10,12-14,20H,11H2,1-3H3. The summed E-state index contributed by atoms with van der Waals surface area (Å²) in [7, 11) is 1.69. The molecule has 0 radical (unpaired) electrons. The van der Waals surface area contributed by atoms with Gasteiger partial charge in [0.1, 0.15) is 5.75 Å². The molecule has 0 aliphatic heterocycles. The third kappa shape index (κ3) is 4.76. The molecule has 0 amide bonds. The number of ether oxygens (including phenoxy) is 1. The maximum absolute atomic E-state index is 5.91. The normalized spacial score (nSPS) is 13.7. The molecule has 1 N–H and O–H groups in total. The zero-order chi connectivity index (χ0) is 15.2. The first-order valence-electron chi connectivity index (χ1n) is 7.23. The summed E-state index contributed by atoms with van der Waals surface area (Å²) in [5.41, 5.74) is 2.52. The third-order valence-corrected chi connectivity index (χ3v) is 3.84. The average Bonchev–Trinajstić information content (AvgIpc) is 2.49. The van der Waals surface area contributed by atoms with Crippen LogP contribution in [0.2, 0.25) is 5.02 Å². The largest absolute Gasteiger partial charge is 0.497 e. The zero-order valence-corrected chi connectivity index (χ0v) is 13.5. The molecular formula is C18H22ClNO. The lowest BCUT2D eigenvalue weighted by atomic mass is 10.0. The Morgan fingerprint density at radius 1 is 1.10 bits per heavy atom. The molecule has 0 heterocycles. The number of halogens is 1. The second-order valence-electron chi connectivity index (χ2n) is 5.40. The van der Waals surface area contributed by atoms with Crippen LogP contribution in [0.15, 0.2) is 48.5 Å². The van der Waals surface area contributed by atoms with Crippen LogP contribution in [-0.2, 0) is 6.42 Å². The lowest BCUT2D eigenvalue weighted by Crippen LogP contribution is -2.30. The summed E-state index contributed by atoms with van der Waals surface area (Å²) in [4.78, 5) is 0. The van der Waals surface area contributed by atoms with Gasteiger partial charge >= 0.3 is 0 Å². The Hall–Kier alpha value is -1.51. The molecule has 2 atom stereocenters. The van der Waals surface area contributed by atoms with Gasteiger partial charge in [0.2, 0.25) is 0 Å².